The van der Waals surface area contributed by atoms with E-state index in [-0.39, 0.29) is 17.9 Å². The summed E-state index contributed by atoms with van der Waals surface area (Å²) in [6, 6.07) is 8.03. The van der Waals surface area contributed by atoms with Gasteiger partial charge in [0, 0.05) is 18.9 Å². The second-order valence-corrected chi connectivity index (χ2v) is 5.17. The van der Waals surface area contributed by atoms with Gasteiger partial charge in [-0.2, -0.15) is 0 Å². The molecule has 1 saturated heterocycles. The van der Waals surface area contributed by atoms with E-state index in [0.717, 1.165) is 17.9 Å². The van der Waals surface area contributed by atoms with Crippen molar-refractivity contribution in [3.05, 3.63) is 42.5 Å². The SMILES string of the molecule is C=CC1CC(=O)N(C(C)COc2ccccc2C)C1. The number of benzene rings is 1. The first-order chi connectivity index (χ1) is 9.11. The van der Waals surface area contributed by atoms with Crippen molar-refractivity contribution in [1.29, 1.82) is 0 Å². The van der Waals surface area contributed by atoms with Crippen molar-refractivity contribution < 1.29 is 9.53 Å². The van der Waals surface area contributed by atoms with E-state index in [1.165, 1.54) is 0 Å². The van der Waals surface area contributed by atoms with Crippen molar-refractivity contribution in [2.75, 3.05) is 13.2 Å². The zero-order chi connectivity index (χ0) is 13.8. The van der Waals surface area contributed by atoms with E-state index < -0.39 is 0 Å². The van der Waals surface area contributed by atoms with E-state index in [9.17, 15) is 4.79 Å². The van der Waals surface area contributed by atoms with Gasteiger partial charge >= 0.3 is 0 Å². The highest BCUT2D eigenvalue weighted by atomic mass is 16.5. The molecule has 2 unspecified atom stereocenters. The molecule has 2 atom stereocenters. The van der Waals surface area contributed by atoms with E-state index in [1.807, 2.05) is 49.1 Å². The van der Waals surface area contributed by atoms with Crippen LogP contribution in [0.2, 0.25) is 0 Å². The summed E-state index contributed by atoms with van der Waals surface area (Å²) in [7, 11) is 0. The summed E-state index contributed by atoms with van der Waals surface area (Å²) in [6.07, 6.45) is 2.45. The van der Waals surface area contributed by atoms with Crippen LogP contribution in [-0.4, -0.2) is 30.0 Å². The topological polar surface area (TPSA) is 29.5 Å². The number of hydrogen-bond donors (Lipinski definition) is 0. The summed E-state index contributed by atoms with van der Waals surface area (Å²) in [6.45, 7) is 9.11. The molecule has 1 amide bonds. The monoisotopic (exact) mass is 259 g/mol. The Kier molecular flexibility index (Phi) is 4.25. The van der Waals surface area contributed by atoms with Crippen molar-refractivity contribution in [2.45, 2.75) is 26.3 Å². The molecule has 102 valence electrons. The van der Waals surface area contributed by atoms with Crippen LogP contribution in [-0.2, 0) is 4.79 Å². The number of amides is 1. The summed E-state index contributed by atoms with van der Waals surface area (Å²) in [5.41, 5.74) is 1.12. The molecule has 0 bridgehead atoms. The second-order valence-electron chi connectivity index (χ2n) is 5.17. The fraction of sp³-hybridized carbons (Fsp3) is 0.438. The Morgan fingerprint density at radius 2 is 2.26 bits per heavy atom. The first-order valence-electron chi connectivity index (χ1n) is 6.72. The summed E-state index contributed by atoms with van der Waals surface area (Å²) >= 11 is 0. The predicted molar refractivity (Wildman–Crippen MR) is 76.2 cm³/mol. The Morgan fingerprint density at radius 1 is 1.53 bits per heavy atom. The van der Waals surface area contributed by atoms with Crippen molar-refractivity contribution in [1.82, 2.24) is 4.90 Å². The fourth-order valence-corrected chi connectivity index (χ4v) is 2.36. The van der Waals surface area contributed by atoms with Crippen LogP contribution in [0.3, 0.4) is 0 Å². The van der Waals surface area contributed by atoms with Gasteiger partial charge in [-0.05, 0) is 25.5 Å². The fourth-order valence-electron chi connectivity index (χ4n) is 2.36. The third-order valence-corrected chi connectivity index (χ3v) is 3.63. The molecule has 1 heterocycles. The van der Waals surface area contributed by atoms with Crippen LogP contribution >= 0.6 is 0 Å². The van der Waals surface area contributed by atoms with E-state index in [2.05, 4.69) is 6.58 Å². The van der Waals surface area contributed by atoms with Gasteiger partial charge in [0.05, 0.1) is 6.04 Å². The highest BCUT2D eigenvalue weighted by molar-refractivity contribution is 5.79. The van der Waals surface area contributed by atoms with Gasteiger partial charge in [-0.25, -0.2) is 0 Å². The number of rotatable bonds is 5. The average Bonchev–Trinajstić information content (AvgIpc) is 2.79. The molecule has 0 saturated carbocycles. The van der Waals surface area contributed by atoms with Gasteiger partial charge < -0.3 is 9.64 Å². The quantitative estimate of drug-likeness (QED) is 0.761. The maximum Gasteiger partial charge on any atom is 0.223 e. The lowest BCUT2D eigenvalue weighted by molar-refractivity contribution is -0.129. The Hall–Kier alpha value is -1.77. The number of hydrogen-bond acceptors (Lipinski definition) is 2. The third kappa shape index (κ3) is 3.16. The molecule has 3 heteroatoms. The lowest BCUT2D eigenvalue weighted by Gasteiger charge is -2.25. The largest absolute Gasteiger partial charge is 0.491 e. The van der Waals surface area contributed by atoms with Gasteiger partial charge in [0.2, 0.25) is 5.91 Å². The molecule has 0 aliphatic carbocycles. The Balaban J connectivity index is 1.91. The molecule has 1 aliphatic rings. The highest BCUT2D eigenvalue weighted by Crippen LogP contribution is 2.22. The third-order valence-electron chi connectivity index (χ3n) is 3.63. The molecule has 0 aromatic heterocycles. The number of carbonyl (C=O) groups excluding carboxylic acids is 1. The van der Waals surface area contributed by atoms with Crippen molar-refractivity contribution >= 4 is 5.91 Å². The molecule has 1 fully saturated rings. The minimum absolute atomic E-state index is 0.0945. The Labute approximate surface area is 114 Å². The van der Waals surface area contributed by atoms with E-state index >= 15 is 0 Å². The van der Waals surface area contributed by atoms with Crippen LogP contribution < -0.4 is 4.74 Å². The second kappa shape index (κ2) is 5.91. The van der Waals surface area contributed by atoms with Gasteiger partial charge in [-0.1, -0.05) is 24.3 Å². The minimum Gasteiger partial charge on any atom is -0.491 e. The first-order valence-corrected chi connectivity index (χ1v) is 6.72. The lowest BCUT2D eigenvalue weighted by atomic mass is 10.1. The van der Waals surface area contributed by atoms with Crippen molar-refractivity contribution in [2.24, 2.45) is 5.92 Å². The standard InChI is InChI=1S/C16H21NO2/c1-4-14-9-16(18)17(10-14)13(3)11-19-15-8-6-5-7-12(15)2/h4-8,13-14H,1,9-11H2,2-3H3. The zero-order valence-electron chi connectivity index (χ0n) is 11.6. The van der Waals surface area contributed by atoms with Crippen LogP contribution in [0.5, 0.6) is 5.75 Å². The summed E-state index contributed by atoms with van der Waals surface area (Å²) in [4.78, 5) is 13.8. The van der Waals surface area contributed by atoms with Crippen LogP contribution in [0.15, 0.2) is 36.9 Å². The number of nitrogens with zero attached hydrogens (tertiary/aromatic N) is 1. The van der Waals surface area contributed by atoms with Gasteiger partial charge in [-0.3, -0.25) is 4.79 Å². The average molecular weight is 259 g/mol. The van der Waals surface area contributed by atoms with Crippen molar-refractivity contribution in [3.63, 3.8) is 0 Å². The first kappa shape index (κ1) is 13.7. The molecule has 2 rings (SSSR count). The number of aryl methyl sites for hydroxylation is 1. The van der Waals surface area contributed by atoms with Gasteiger partial charge in [0.25, 0.3) is 0 Å². The van der Waals surface area contributed by atoms with E-state index in [0.29, 0.717) is 13.0 Å². The van der Waals surface area contributed by atoms with Crippen LogP contribution in [0.4, 0.5) is 0 Å². The molecule has 1 aliphatic heterocycles. The van der Waals surface area contributed by atoms with E-state index in [1.54, 1.807) is 0 Å². The lowest BCUT2D eigenvalue weighted by Crippen LogP contribution is -2.38. The predicted octanol–water partition coefficient (Wildman–Crippen LogP) is 2.80. The maximum atomic E-state index is 11.9. The number of carbonyl (C=O) groups is 1. The summed E-state index contributed by atoms with van der Waals surface area (Å²) in [5.74, 6) is 1.38. The van der Waals surface area contributed by atoms with Crippen LogP contribution in [0.1, 0.15) is 18.9 Å². The van der Waals surface area contributed by atoms with Crippen molar-refractivity contribution in [3.8, 4) is 5.75 Å². The van der Waals surface area contributed by atoms with Crippen LogP contribution in [0.25, 0.3) is 0 Å². The summed E-state index contributed by atoms with van der Waals surface area (Å²) in [5, 5.41) is 0. The summed E-state index contributed by atoms with van der Waals surface area (Å²) < 4.78 is 5.81. The molecule has 3 nitrogen and oxygen atoms in total. The molecule has 0 N–H and O–H groups in total. The molecule has 1 aromatic carbocycles. The normalized spacial score (nSPS) is 20.4. The van der Waals surface area contributed by atoms with E-state index in [4.69, 9.17) is 4.74 Å². The van der Waals surface area contributed by atoms with Gasteiger partial charge in [0.15, 0.2) is 0 Å². The maximum absolute atomic E-state index is 11.9. The molecular formula is C16H21NO2. The molecular weight excluding hydrogens is 238 g/mol. The highest BCUT2D eigenvalue weighted by Gasteiger charge is 2.31. The molecule has 0 radical (unpaired) electrons. The van der Waals surface area contributed by atoms with Gasteiger partial charge in [0.1, 0.15) is 12.4 Å². The molecule has 1 aromatic rings. The Morgan fingerprint density at radius 3 is 2.89 bits per heavy atom. The van der Waals surface area contributed by atoms with Crippen LogP contribution in [0, 0.1) is 12.8 Å². The minimum atomic E-state index is 0.0945. The van der Waals surface area contributed by atoms with Gasteiger partial charge in [-0.15, -0.1) is 6.58 Å². The number of ether oxygens (including phenoxy) is 1. The number of likely N-dealkylation sites (tertiary alicyclic amines) is 1. The smallest absolute Gasteiger partial charge is 0.223 e. The molecule has 0 spiro atoms. The molecule has 19 heavy (non-hydrogen) atoms. The Bertz CT molecular complexity index is 470. The zero-order valence-corrected chi connectivity index (χ0v) is 11.6. The number of para-hydroxylation sites is 1.